The van der Waals surface area contributed by atoms with Crippen LogP contribution >= 0.6 is 0 Å². The van der Waals surface area contributed by atoms with Gasteiger partial charge in [0.2, 0.25) is 35.4 Å². The van der Waals surface area contributed by atoms with Gasteiger partial charge in [-0.3, -0.25) is 24.0 Å². The maximum absolute atomic E-state index is 14.4. The Labute approximate surface area is 401 Å². The molecule has 18 heteroatoms. The largest absolute Gasteiger partial charge is 0.474 e. The standard InChI is InChI=1S/C50H75N7O11/c1-13-30(2)39(55-42(61)34(27-32-21-16-14-17-22-32)54-47(65)68-50(10,11)12)43(62)56-40(31(3)58)44(66-48(4,5)6)53-35(29-38(51)59)41(60)52-36(28-33-23-18-15-19-24-33)45(63)57-26-20-25-37(57)46(64)67-49(7,8)9/h14-19,21-24,30-31,34-37,39-40,58H,13,20,25-29H2,1-12H3,(H2,51,59)(H,52,60)(H,54,65)(H,55,61)(H,56,62)/t30-,31+,34+,35-,36+,37-,39-,40-/m0/s1. The van der Waals surface area contributed by atoms with Crippen LogP contribution in [0.5, 0.6) is 0 Å². The molecule has 1 fully saturated rings. The van der Waals surface area contributed by atoms with E-state index in [1.165, 1.54) is 11.8 Å². The lowest BCUT2D eigenvalue weighted by Crippen LogP contribution is -2.60. The number of carbonyl (C=O) groups excluding carboxylic acids is 7. The number of hydrogen-bond donors (Lipinski definition) is 6. The maximum atomic E-state index is 14.4. The highest BCUT2D eigenvalue weighted by Gasteiger charge is 2.41. The van der Waals surface area contributed by atoms with Crippen LogP contribution in [0.2, 0.25) is 0 Å². The van der Waals surface area contributed by atoms with Crippen molar-refractivity contribution in [3.05, 3.63) is 71.8 Å². The van der Waals surface area contributed by atoms with Crippen molar-refractivity contribution in [1.29, 1.82) is 0 Å². The minimum Gasteiger partial charge on any atom is -0.474 e. The van der Waals surface area contributed by atoms with Crippen molar-refractivity contribution in [1.82, 2.24) is 26.2 Å². The third-order valence-corrected chi connectivity index (χ3v) is 10.6. The van der Waals surface area contributed by atoms with Gasteiger partial charge in [-0.2, -0.15) is 0 Å². The molecule has 6 amide bonds. The van der Waals surface area contributed by atoms with Crippen molar-refractivity contribution in [3.8, 4) is 0 Å². The first kappa shape index (κ1) is 56.3. The third-order valence-electron chi connectivity index (χ3n) is 10.6. The SMILES string of the molecule is CC[C@H](C)[C@H](NC(=O)[C@@H](Cc1ccccc1)NC(=O)OC(C)(C)C)C(=O)N[C@H](C(=N[C@@H](CC(N)=O)C(=O)N[C@H](Cc1ccccc1)C(=O)N1CCC[C@H]1C(=O)OC(C)(C)C)OC(C)(C)C)[C@@H](C)O. The average molecular weight is 950 g/mol. The van der Waals surface area contributed by atoms with Crippen LogP contribution in [-0.2, 0) is 55.8 Å². The first-order valence-corrected chi connectivity index (χ1v) is 23.3. The highest BCUT2D eigenvalue weighted by molar-refractivity contribution is 5.98. The van der Waals surface area contributed by atoms with E-state index in [1.807, 2.05) is 13.0 Å². The number of primary amides is 1. The Bertz CT molecular complexity index is 2060. The minimum absolute atomic E-state index is 0.00981. The Morgan fingerprint density at radius 3 is 1.71 bits per heavy atom. The molecule has 0 radical (unpaired) electrons. The Morgan fingerprint density at radius 1 is 0.706 bits per heavy atom. The van der Waals surface area contributed by atoms with Gasteiger partial charge in [0.15, 0.2) is 0 Å². The quantitative estimate of drug-likeness (QED) is 0.0628. The van der Waals surface area contributed by atoms with Crippen LogP contribution in [0.25, 0.3) is 0 Å². The number of likely N-dealkylation sites (tertiary alicyclic amines) is 1. The number of aliphatic imine (C=N–C) groups is 1. The molecular formula is C50H75N7O11. The molecule has 376 valence electrons. The molecule has 68 heavy (non-hydrogen) atoms. The number of rotatable bonds is 20. The van der Waals surface area contributed by atoms with Crippen LogP contribution < -0.4 is 27.0 Å². The predicted molar refractivity (Wildman–Crippen MR) is 257 cm³/mol. The number of alkyl carbamates (subject to hydrolysis) is 1. The maximum Gasteiger partial charge on any atom is 0.408 e. The monoisotopic (exact) mass is 950 g/mol. The fourth-order valence-electron chi connectivity index (χ4n) is 7.28. The van der Waals surface area contributed by atoms with Crippen LogP contribution in [0.15, 0.2) is 65.7 Å². The molecule has 18 nitrogen and oxygen atoms in total. The van der Waals surface area contributed by atoms with Crippen molar-refractivity contribution >= 4 is 47.5 Å². The molecule has 0 saturated carbocycles. The first-order valence-electron chi connectivity index (χ1n) is 23.3. The molecule has 7 N–H and O–H groups in total. The lowest BCUT2D eigenvalue weighted by Gasteiger charge is -2.33. The zero-order chi connectivity index (χ0) is 51.1. The van der Waals surface area contributed by atoms with Crippen LogP contribution in [0.1, 0.15) is 120 Å². The molecule has 8 atom stereocenters. The molecule has 2 aromatic rings. The summed E-state index contributed by atoms with van der Waals surface area (Å²) in [4.78, 5) is 102. The fourth-order valence-corrected chi connectivity index (χ4v) is 7.28. The Balaban J connectivity index is 2.04. The number of benzene rings is 2. The predicted octanol–water partition coefficient (Wildman–Crippen LogP) is 4.04. The summed E-state index contributed by atoms with van der Waals surface area (Å²) < 4.78 is 17.3. The molecule has 0 unspecified atom stereocenters. The van der Waals surface area contributed by atoms with Gasteiger partial charge in [0.1, 0.15) is 53.1 Å². The normalized spacial score (nSPS) is 17.5. The van der Waals surface area contributed by atoms with Crippen LogP contribution in [0.4, 0.5) is 4.79 Å². The van der Waals surface area contributed by atoms with Gasteiger partial charge >= 0.3 is 12.1 Å². The number of nitrogens with two attached hydrogens (primary N) is 1. The van der Waals surface area contributed by atoms with Crippen molar-refractivity contribution < 1.29 is 52.9 Å². The highest BCUT2D eigenvalue weighted by Crippen LogP contribution is 2.24. The van der Waals surface area contributed by atoms with Gasteiger partial charge in [-0.15, -0.1) is 0 Å². The molecule has 1 saturated heterocycles. The molecule has 0 spiro atoms. The number of nitrogens with zero attached hydrogens (tertiary/aromatic N) is 2. The van der Waals surface area contributed by atoms with Crippen molar-refractivity contribution in [2.75, 3.05) is 6.54 Å². The molecule has 0 bridgehead atoms. The summed E-state index contributed by atoms with van der Waals surface area (Å²) in [5, 5.41) is 22.2. The van der Waals surface area contributed by atoms with E-state index in [-0.39, 0.29) is 25.3 Å². The van der Waals surface area contributed by atoms with Gasteiger partial charge in [0, 0.05) is 19.4 Å². The van der Waals surface area contributed by atoms with Crippen molar-refractivity contribution in [3.63, 3.8) is 0 Å². The van der Waals surface area contributed by atoms with Crippen LogP contribution in [0.3, 0.4) is 0 Å². The second-order valence-corrected chi connectivity index (χ2v) is 20.3. The van der Waals surface area contributed by atoms with Gasteiger partial charge in [0.25, 0.3) is 0 Å². The van der Waals surface area contributed by atoms with Gasteiger partial charge in [0.05, 0.1) is 12.5 Å². The summed E-state index contributed by atoms with van der Waals surface area (Å²) in [6.45, 7) is 20.4. The smallest absolute Gasteiger partial charge is 0.408 e. The van der Waals surface area contributed by atoms with E-state index >= 15 is 0 Å². The van der Waals surface area contributed by atoms with Gasteiger partial charge in [-0.1, -0.05) is 80.9 Å². The highest BCUT2D eigenvalue weighted by atomic mass is 16.6. The van der Waals surface area contributed by atoms with E-state index in [4.69, 9.17) is 19.9 Å². The Kier molecular flexibility index (Phi) is 20.5. The number of ether oxygens (including phenoxy) is 3. The summed E-state index contributed by atoms with van der Waals surface area (Å²) >= 11 is 0. The lowest BCUT2D eigenvalue weighted by molar-refractivity contribution is -0.163. The molecule has 3 rings (SSSR count). The van der Waals surface area contributed by atoms with Crippen molar-refractivity contribution in [2.24, 2.45) is 16.6 Å². The second-order valence-electron chi connectivity index (χ2n) is 20.3. The van der Waals surface area contributed by atoms with Crippen molar-refractivity contribution in [2.45, 2.75) is 181 Å². The van der Waals surface area contributed by atoms with Gasteiger partial charge in [-0.05, 0) is 99.1 Å². The number of amides is 6. The number of carbonyl (C=O) groups is 7. The minimum atomic E-state index is -1.64. The van der Waals surface area contributed by atoms with E-state index in [2.05, 4.69) is 26.3 Å². The number of nitrogens with one attached hydrogen (secondary N) is 4. The topological polar surface area (TPSA) is 257 Å². The molecule has 0 aliphatic carbocycles. The van der Waals surface area contributed by atoms with E-state index < -0.39 is 113 Å². The summed E-state index contributed by atoms with van der Waals surface area (Å²) in [5.74, 6) is -5.23. The van der Waals surface area contributed by atoms with E-state index in [1.54, 1.807) is 124 Å². The molecule has 0 aromatic heterocycles. The Morgan fingerprint density at radius 2 is 1.22 bits per heavy atom. The molecule has 2 aromatic carbocycles. The van der Waals surface area contributed by atoms with E-state index in [9.17, 15) is 38.7 Å². The molecule has 1 aliphatic heterocycles. The zero-order valence-corrected chi connectivity index (χ0v) is 41.8. The summed E-state index contributed by atoms with van der Waals surface area (Å²) in [7, 11) is 0. The number of aliphatic hydroxyl groups is 1. The van der Waals surface area contributed by atoms with Crippen LogP contribution in [-0.4, -0.2) is 123 Å². The molecule has 1 aliphatic rings. The summed E-state index contributed by atoms with van der Waals surface area (Å²) in [6.07, 6.45) is -1.56. The third kappa shape index (κ3) is 18.9. The average Bonchev–Trinajstić information content (AvgIpc) is 3.72. The summed E-state index contributed by atoms with van der Waals surface area (Å²) in [5.41, 5.74) is 4.39. The Hall–Kier alpha value is -6.04. The summed E-state index contributed by atoms with van der Waals surface area (Å²) in [6, 6.07) is 10.3. The fraction of sp³-hybridized carbons (Fsp3) is 0.600. The van der Waals surface area contributed by atoms with Crippen LogP contribution in [0, 0.1) is 5.92 Å². The van der Waals surface area contributed by atoms with E-state index in [0.29, 0.717) is 24.8 Å². The van der Waals surface area contributed by atoms with Gasteiger partial charge < -0.3 is 51.2 Å². The molecule has 1 heterocycles. The molecular weight excluding hydrogens is 875 g/mol. The zero-order valence-electron chi connectivity index (χ0n) is 41.8. The van der Waals surface area contributed by atoms with Gasteiger partial charge in [-0.25, -0.2) is 14.6 Å². The lowest BCUT2D eigenvalue weighted by atomic mass is 9.96. The number of aliphatic hydroxyl groups excluding tert-OH is 1. The first-order chi connectivity index (χ1) is 31.6. The number of hydrogen-bond acceptors (Lipinski definition) is 12. The van der Waals surface area contributed by atoms with E-state index in [0.717, 1.165) is 5.56 Å². The second kappa shape index (κ2) is 24.8. The number of esters is 1.